The van der Waals surface area contributed by atoms with Crippen LogP contribution in [0, 0.1) is 6.92 Å². The van der Waals surface area contributed by atoms with Crippen molar-refractivity contribution in [2.75, 3.05) is 0 Å². The van der Waals surface area contributed by atoms with Gasteiger partial charge in [0.2, 0.25) is 0 Å². The third kappa shape index (κ3) is 4.73. The molecule has 0 spiro atoms. The first-order chi connectivity index (χ1) is 11.3. The third-order valence-electron chi connectivity index (χ3n) is 3.66. The Morgan fingerprint density at radius 2 is 1.61 bits per heavy atom. The van der Waals surface area contributed by atoms with Gasteiger partial charge in [0.15, 0.2) is 0 Å². The van der Waals surface area contributed by atoms with E-state index in [4.69, 9.17) is 9.15 Å². The lowest BCUT2D eigenvalue weighted by molar-refractivity contribution is 0.306. The van der Waals surface area contributed by atoms with E-state index in [1.54, 1.807) is 6.26 Å². The molecule has 0 aliphatic heterocycles. The molecule has 0 unspecified atom stereocenters. The zero-order valence-electron chi connectivity index (χ0n) is 13.3. The third-order valence-corrected chi connectivity index (χ3v) is 3.66. The number of benzene rings is 2. The summed E-state index contributed by atoms with van der Waals surface area (Å²) in [6.07, 6.45) is 1.69. The fourth-order valence-corrected chi connectivity index (χ4v) is 2.30. The van der Waals surface area contributed by atoms with E-state index < -0.39 is 0 Å². The van der Waals surface area contributed by atoms with Crippen LogP contribution in [-0.4, -0.2) is 0 Å². The van der Waals surface area contributed by atoms with E-state index in [-0.39, 0.29) is 0 Å². The molecular weight excluding hydrogens is 286 g/mol. The molecule has 0 fully saturated rings. The molecule has 0 amide bonds. The van der Waals surface area contributed by atoms with Crippen molar-refractivity contribution in [2.45, 2.75) is 26.6 Å². The van der Waals surface area contributed by atoms with Gasteiger partial charge < -0.3 is 14.5 Å². The van der Waals surface area contributed by atoms with Crippen molar-refractivity contribution < 1.29 is 9.15 Å². The molecule has 0 radical (unpaired) electrons. The Kier molecular flexibility index (Phi) is 5.12. The largest absolute Gasteiger partial charge is 0.489 e. The van der Waals surface area contributed by atoms with Crippen molar-refractivity contribution in [3.63, 3.8) is 0 Å². The summed E-state index contributed by atoms with van der Waals surface area (Å²) in [5.41, 5.74) is 3.67. The number of hydrogen-bond acceptors (Lipinski definition) is 3. The predicted molar refractivity (Wildman–Crippen MR) is 91.2 cm³/mol. The van der Waals surface area contributed by atoms with Gasteiger partial charge in [0.1, 0.15) is 18.1 Å². The quantitative estimate of drug-likeness (QED) is 0.700. The highest BCUT2D eigenvalue weighted by Crippen LogP contribution is 2.14. The van der Waals surface area contributed by atoms with Crippen molar-refractivity contribution in [1.29, 1.82) is 0 Å². The summed E-state index contributed by atoms with van der Waals surface area (Å²) in [7, 11) is 0. The van der Waals surface area contributed by atoms with E-state index in [1.807, 2.05) is 24.3 Å². The maximum absolute atomic E-state index is 5.81. The molecule has 1 aromatic heterocycles. The molecule has 3 aromatic rings. The molecule has 2 aromatic carbocycles. The van der Waals surface area contributed by atoms with Gasteiger partial charge in [-0.15, -0.1) is 0 Å². The maximum atomic E-state index is 5.81. The fourth-order valence-electron chi connectivity index (χ4n) is 2.30. The fraction of sp³-hybridized carbons (Fsp3) is 0.200. The van der Waals surface area contributed by atoms with Gasteiger partial charge in [-0.25, -0.2) is 0 Å². The van der Waals surface area contributed by atoms with E-state index in [9.17, 15) is 0 Å². The lowest BCUT2D eigenvalue weighted by Gasteiger charge is -2.08. The monoisotopic (exact) mass is 307 g/mol. The number of nitrogens with one attached hydrogen (secondary N) is 1. The average molecular weight is 307 g/mol. The van der Waals surface area contributed by atoms with Gasteiger partial charge in [0.25, 0.3) is 0 Å². The Labute approximate surface area is 136 Å². The summed E-state index contributed by atoms with van der Waals surface area (Å²) < 4.78 is 11.1. The molecule has 118 valence electrons. The molecule has 0 atom stereocenters. The molecule has 3 heteroatoms. The highest BCUT2D eigenvalue weighted by Gasteiger charge is 1.99. The van der Waals surface area contributed by atoms with Crippen LogP contribution in [0.4, 0.5) is 0 Å². The van der Waals surface area contributed by atoms with Gasteiger partial charge in [-0.3, -0.25) is 0 Å². The Hall–Kier alpha value is -2.52. The van der Waals surface area contributed by atoms with E-state index >= 15 is 0 Å². The minimum Gasteiger partial charge on any atom is -0.489 e. The molecule has 3 nitrogen and oxygen atoms in total. The second kappa shape index (κ2) is 7.65. The van der Waals surface area contributed by atoms with E-state index in [2.05, 4.69) is 48.6 Å². The first-order valence-corrected chi connectivity index (χ1v) is 7.80. The Bertz CT molecular complexity index is 700. The molecule has 0 saturated carbocycles. The number of rotatable bonds is 7. The number of ether oxygens (including phenoxy) is 1. The topological polar surface area (TPSA) is 34.4 Å². The van der Waals surface area contributed by atoms with Crippen molar-refractivity contribution in [2.24, 2.45) is 0 Å². The van der Waals surface area contributed by atoms with Gasteiger partial charge in [-0.05, 0) is 42.3 Å². The number of furan rings is 1. The predicted octanol–water partition coefficient (Wildman–Crippen LogP) is 4.46. The molecule has 3 rings (SSSR count). The highest BCUT2D eigenvalue weighted by atomic mass is 16.5. The normalized spacial score (nSPS) is 10.7. The summed E-state index contributed by atoms with van der Waals surface area (Å²) >= 11 is 0. The molecule has 1 N–H and O–H groups in total. The van der Waals surface area contributed by atoms with Gasteiger partial charge in [0.05, 0.1) is 12.8 Å². The lowest BCUT2D eigenvalue weighted by atomic mass is 10.2. The highest BCUT2D eigenvalue weighted by molar-refractivity contribution is 5.28. The van der Waals surface area contributed by atoms with Crippen LogP contribution in [0.15, 0.2) is 71.3 Å². The van der Waals surface area contributed by atoms with Crippen LogP contribution in [-0.2, 0) is 19.7 Å². The van der Waals surface area contributed by atoms with Crippen molar-refractivity contribution in [3.8, 4) is 5.75 Å². The average Bonchev–Trinajstić information content (AvgIpc) is 3.09. The lowest BCUT2D eigenvalue weighted by Crippen LogP contribution is -2.11. The van der Waals surface area contributed by atoms with Crippen LogP contribution in [0.25, 0.3) is 0 Å². The molecule has 0 aliphatic rings. The summed E-state index contributed by atoms with van der Waals surface area (Å²) in [6, 6.07) is 20.5. The number of aryl methyl sites for hydroxylation is 1. The first kappa shape index (κ1) is 15.4. The Morgan fingerprint density at radius 1 is 0.870 bits per heavy atom. The number of hydrogen-bond donors (Lipinski definition) is 1. The van der Waals surface area contributed by atoms with Gasteiger partial charge in [-0.2, -0.15) is 0 Å². The standard InChI is InChI=1S/C20H21NO2/c1-16-4-6-18(7-5-16)15-23-19-10-8-17(9-11-19)13-21-14-20-3-2-12-22-20/h2-12,21H,13-15H2,1H3. The summed E-state index contributed by atoms with van der Waals surface area (Å²) in [6.45, 7) is 4.22. The van der Waals surface area contributed by atoms with Crippen LogP contribution in [0.3, 0.4) is 0 Å². The van der Waals surface area contributed by atoms with Crippen LogP contribution < -0.4 is 10.1 Å². The van der Waals surface area contributed by atoms with Gasteiger partial charge in [-0.1, -0.05) is 42.0 Å². The van der Waals surface area contributed by atoms with Crippen molar-refractivity contribution in [3.05, 3.63) is 89.4 Å². The van der Waals surface area contributed by atoms with Gasteiger partial charge >= 0.3 is 0 Å². The Morgan fingerprint density at radius 3 is 2.30 bits per heavy atom. The molecule has 1 heterocycles. The first-order valence-electron chi connectivity index (χ1n) is 7.80. The van der Waals surface area contributed by atoms with Crippen LogP contribution in [0.2, 0.25) is 0 Å². The minimum atomic E-state index is 0.594. The molecule has 23 heavy (non-hydrogen) atoms. The van der Waals surface area contributed by atoms with Crippen LogP contribution in [0.5, 0.6) is 5.75 Å². The second-order valence-corrected chi connectivity index (χ2v) is 5.60. The minimum absolute atomic E-state index is 0.594. The molecule has 0 saturated heterocycles. The van der Waals surface area contributed by atoms with Crippen molar-refractivity contribution in [1.82, 2.24) is 5.32 Å². The van der Waals surface area contributed by atoms with E-state index in [1.165, 1.54) is 16.7 Å². The maximum Gasteiger partial charge on any atom is 0.119 e. The summed E-state index contributed by atoms with van der Waals surface area (Å²) in [5.74, 6) is 1.84. The van der Waals surface area contributed by atoms with Crippen LogP contribution in [0.1, 0.15) is 22.5 Å². The zero-order chi connectivity index (χ0) is 15.9. The zero-order valence-corrected chi connectivity index (χ0v) is 13.3. The smallest absolute Gasteiger partial charge is 0.119 e. The molecule has 0 aliphatic carbocycles. The van der Waals surface area contributed by atoms with E-state index in [0.29, 0.717) is 6.61 Å². The van der Waals surface area contributed by atoms with E-state index in [0.717, 1.165) is 24.6 Å². The van der Waals surface area contributed by atoms with Crippen molar-refractivity contribution >= 4 is 0 Å². The molecule has 0 bridgehead atoms. The summed E-state index contributed by atoms with van der Waals surface area (Å²) in [5, 5.41) is 3.35. The van der Waals surface area contributed by atoms with Gasteiger partial charge in [0, 0.05) is 6.54 Å². The molecular formula is C20H21NO2. The summed E-state index contributed by atoms with van der Waals surface area (Å²) in [4.78, 5) is 0. The Balaban J connectivity index is 1.45. The SMILES string of the molecule is Cc1ccc(COc2ccc(CNCc3ccco3)cc2)cc1. The second-order valence-electron chi connectivity index (χ2n) is 5.60. The van der Waals surface area contributed by atoms with Crippen LogP contribution >= 0.6 is 0 Å².